The van der Waals surface area contributed by atoms with Gasteiger partial charge in [-0.3, -0.25) is 0 Å². The van der Waals surface area contributed by atoms with Crippen molar-refractivity contribution in [1.29, 1.82) is 0 Å². The molecule has 148 valence electrons. The van der Waals surface area contributed by atoms with Gasteiger partial charge in [0.25, 0.3) is 0 Å². The Hall–Kier alpha value is -1.12. The van der Waals surface area contributed by atoms with E-state index in [-0.39, 0.29) is 0 Å². The minimum absolute atomic E-state index is 0.485. The van der Waals surface area contributed by atoms with Crippen LogP contribution in [0.3, 0.4) is 0 Å². The van der Waals surface area contributed by atoms with Gasteiger partial charge in [0, 0.05) is 25.6 Å². The van der Waals surface area contributed by atoms with E-state index in [1.54, 1.807) is 27.8 Å². The van der Waals surface area contributed by atoms with Crippen molar-refractivity contribution in [2.45, 2.75) is 83.1 Å². The van der Waals surface area contributed by atoms with Crippen LogP contribution in [-0.2, 0) is 4.74 Å². The zero-order valence-corrected chi connectivity index (χ0v) is 17.5. The Labute approximate surface area is 165 Å². The van der Waals surface area contributed by atoms with Crippen molar-refractivity contribution >= 4 is 5.57 Å². The Morgan fingerprint density at radius 2 is 1.59 bits per heavy atom. The van der Waals surface area contributed by atoms with Crippen LogP contribution in [0, 0.1) is 5.92 Å². The van der Waals surface area contributed by atoms with E-state index in [1.807, 2.05) is 7.11 Å². The fourth-order valence-corrected chi connectivity index (χ4v) is 5.90. The van der Waals surface area contributed by atoms with E-state index in [0.717, 1.165) is 25.0 Å². The molecule has 1 N–H and O–H groups in total. The molecule has 1 aromatic rings. The first-order valence-electron chi connectivity index (χ1n) is 11.3. The molecule has 0 radical (unpaired) electrons. The predicted molar refractivity (Wildman–Crippen MR) is 114 cm³/mol. The molecule has 3 aliphatic carbocycles. The number of hydrogen-bond donors (Lipinski definition) is 1. The van der Waals surface area contributed by atoms with Crippen LogP contribution in [0.4, 0.5) is 0 Å². The van der Waals surface area contributed by atoms with Crippen molar-refractivity contribution in [2.24, 2.45) is 5.92 Å². The van der Waals surface area contributed by atoms with Gasteiger partial charge in [-0.2, -0.15) is 0 Å². The molecule has 0 aromatic heterocycles. The Kier molecular flexibility index (Phi) is 6.04. The van der Waals surface area contributed by atoms with Crippen LogP contribution in [0.1, 0.15) is 93.7 Å². The number of benzene rings is 1. The summed E-state index contributed by atoms with van der Waals surface area (Å²) in [5, 5.41) is 3.73. The molecule has 0 aliphatic heterocycles. The van der Waals surface area contributed by atoms with Crippen LogP contribution in [-0.4, -0.2) is 26.3 Å². The molecule has 2 saturated carbocycles. The number of fused-ring (bicyclic) bond motifs is 1. The fourth-order valence-electron chi connectivity index (χ4n) is 5.90. The largest absolute Gasteiger partial charge is 0.380 e. The highest BCUT2D eigenvalue weighted by Crippen LogP contribution is 2.52. The lowest BCUT2D eigenvalue weighted by Gasteiger charge is -2.21. The molecular formula is C25H37NO. The van der Waals surface area contributed by atoms with Crippen LogP contribution in [0.15, 0.2) is 23.8 Å². The quantitative estimate of drug-likeness (QED) is 0.635. The number of rotatable bonds is 7. The van der Waals surface area contributed by atoms with Crippen LogP contribution < -0.4 is 5.32 Å². The minimum Gasteiger partial charge on any atom is -0.380 e. The first-order chi connectivity index (χ1) is 13.2. The fraction of sp³-hybridized carbons (Fsp3) is 0.680. The molecule has 0 spiro atoms. The molecule has 1 aromatic carbocycles. The maximum absolute atomic E-state index is 5.76. The average Bonchev–Trinajstić information content (AvgIpc) is 3.40. The summed E-state index contributed by atoms with van der Waals surface area (Å²) in [5.41, 5.74) is 8.17. The lowest BCUT2D eigenvalue weighted by Crippen LogP contribution is -2.28. The molecule has 27 heavy (non-hydrogen) atoms. The third-order valence-electron chi connectivity index (χ3n) is 7.13. The maximum atomic E-state index is 5.76. The standard InChI is InChI=1S/C25H37NO/c1-17(2)26-15-22-21-14-8-13-20(18-9-4-5-10-18)25(21)24(23(22)16-27-3)19-11-6-7-12-19/h8,13-14,17-19,22,26H,4-7,9-12,15-16H2,1-3H3. The van der Waals surface area contributed by atoms with Crippen molar-refractivity contribution in [3.8, 4) is 0 Å². The van der Waals surface area contributed by atoms with Gasteiger partial charge in [-0.1, -0.05) is 57.7 Å². The van der Waals surface area contributed by atoms with Crippen molar-refractivity contribution in [1.82, 2.24) is 5.32 Å². The molecule has 0 amide bonds. The molecule has 1 unspecified atom stereocenters. The SMILES string of the molecule is COCC1=C(C2CCCC2)c2c(C3CCCC3)cccc2C1CNC(C)C. The molecule has 0 bridgehead atoms. The zero-order valence-electron chi connectivity index (χ0n) is 17.5. The second kappa shape index (κ2) is 8.49. The average molecular weight is 368 g/mol. The molecule has 2 heteroatoms. The monoisotopic (exact) mass is 367 g/mol. The number of nitrogens with one attached hydrogen (secondary N) is 1. The first-order valence-corrected chi connectivity index (χ1v) is 11.3. The summed E-state index contributed by atoms with van der Waals surface area (Å²) in [4.78, 5) is 0. The van der Waals surface area contributed by atoms with Gasteiger partial charge in [0.2, 0.25) is 0 Å². The summed E-state index contributed by atoms with van der Waals surface area (Å²) in [6.45, 7) is 6.33. The molecule has 2 nitrogen and oxygen atoms in total. The molecule has 0 saturated heterocycles. The molecule has 1 atom stereocenters. The van der Waals surface area contributed by atoms with E-state index in [4.69, 9.17) is 4.74 Å². The maximum Gasteiger partial charge on any atom is 0.0685 e. The van der Waals surface area contributed by atoms with E-state index in [9.17, 15) is 0 Å². The molecule has 2 fully saturated rings. The van der Waals surface area contributed by atoms with Gasteiger partial charge < -0.3 is 10.1 Å². The second-order valence-corrected chi connectivity index (χ2v) is 9.26. The molecule has 3 aliphatic rings. The highest BCUT2D eigenvalue weighted by molar-refractivity contribution is 5.82. The molecular weight excluding hydrogens is 330 g/mol. The van der Waals surface area contributed by atoms with Crippen LogP contribution >= 0.6 is 0 Å². The molecule has 0 heterocycles. The normalized spacial score (nSPS) is 23.8. The van der Waals surface area contributed by atoms with Gasteiger partial charge in [0.15, 0.2) is 0 Å². The summed E-state index contributed by atoms with van der Waals surface area (Å²) < 4.78 is 5.76. The number of hydrogen-bond acceptors (Lipinski definition) is 2. The van der Waals surface area contributed by atoms with E-state index in [1.165, 1.54) is 51.4 Å². The van der Waals surface area contributed by atoms with Crippen LogP contribution in [0.5, 0.6) is 0 Å². The van der Waals surface area contributed by atoms with Gasteiger partial charge in [-0.15, -0.1) is 0 Å². The topological polar surface area (TPSA) is 21.3 Å². The van der Waals surface area contributed by atoms with E-state index >= 15 is 0 Å². The predicted octanol–water partition coefficient (Wildman–Crippen LogP) is 6.03. The number of allylic oxidation sites excluding steroid dienone is 1. The van der Waals surface area contributed by atoms with Crippen LogP contribution in [0.2, 0.25) is 0 Å². The minimum atomic E-state index is 0.485. The summed E-state index contributed by atoms with van der Waals surface area (Å²) in [6.07, 6.45) is 11.1. The summed E-state index contributed by atoms with van der Waals surface area (Å²) in [6, 6.07) is 7.72. The first kappa shape index (κ1) is 19.2. The summed E-state index contributed by atoms with van der Waals surface area (Å²) in [7, 11) is 1.87. The Morgan fingerprint density at radius 1 is 0.963 bits per heavy atom. The number of ether oxygens (including phenoxy) is 1. The zero-order chi connectivity index (χ0) is 18.8. The van der Waals surface area contributed by atoms with Crippen molar-refractivity contribution in [3.63, 3.8) is 0 Å². The van der Waals surface area contributed by atoms with Crippen molar-refractivity contribution in [3.05, 3.63) is 40.5 Å². The van der Waals surface area contributed by atoms with Gasteiger partial charge in [0.05, 0.1) is 6.61 Å². The van der Waals surface area contributed by atoms with E-state index in [0.29, 0.717) is 12.0 Å². The summed E-state index contributed by atoms with van der Waals surface area (Å²) >= 11 is 0. The van der Waals surface area contributed by atoms with Gasteiger partial charge >= 0.3 is 0 Å². The lowest BCUT2D eigenvalue weighted by molar-refractivity contribution is 0.220. The number of methoxy groups -OCH3 is 1. The third kappa shape index (κ3) is 3.76. The van der Waals surface area contributed by atoms with Gasteiger partial charge in [-0.25, -0.2) is 0 Å². The third-order valence-corrected chi connectivity index (χ3v) is 7.13. The van der Waals surface area contributed by atoms with E-state index in [2.05, 4.69) is 37.4 Å². The smallest absolute Gasteiger partial charge is 0.0685 e. The molecule has 4 rings (SSSR count). The Bertz CT molecular complexity index is 678. The van der Waals surface area contributed by atoms with Gasteiger partial charge in [-0.05, 0) is 65.4 Å². The second-order valence-electron chi connectivity index (χ2n) is 9.26. The van der Waals surface area contributed by atoms with Crippen molar-refractivity contribution in [2.75, 3.05) is 20.3 Å². The summed E-state index contributed by atoms with van der Waals surface area (Å²) in [5.74, 6) is 2.01. The van der Waals surface area contributed by atoms with Crippen molar-refractivity contribution < 1.29 is 4.74 Å². The highest BCUT2D eigenvalue weighted by atomic mass is 16.5. The van der Waals surface area contributed by atoms with E-state index < -0.39 is 0 Å². The lowest BCUT2D eigenvalue weighted by atomic mass is 9.83. The Balaban J connectivity index is 1.81. The highest BCUT2D eigenvalue weighted by Gasteiger charge is 2.38. The van der Waals surface area contributed by atoms with Crippen LogP contribution in [0.25, 0.3) is 5.57 Å². The van der Waals surface area contributed by atoms with Gasteiger partial charge in [0.1, 0.15) is 0 Å². The Morgan fingerprint density at radius 3 is 2.22 bits per heavy atom.